The van der Waals surface area contributed by atoms with E-state index in [2.05, 4.69) is 12.2 Å². The molecule has 2 rings (SSSR count). The van der Waals surface area contributed by atoms with Crippen molar-refractivity contribution >= 4 is 11.6 Å². The van der Waals surface area contributed by atoms with Crippen LogP contribution in [0.15, 0.2) is 24.3 Å². The molecule has 0 aliphatic carbocycles. The zero-order chi connectivity index (χ0) is 12.3. The topological polar surface area (TPSA) is 41.5 Å². The lowest BCUT2D eigenvalue weighted by atomic mass is 10.0. The Labute approximate surface area is 107 Å². The number of benzene rings is 1. The second-order valence-corrected chi connectivity index (χ2v) is 5.19. The highest BCUT2D eigenvalue weighted by atomic mass is 35.5. The van der Waals surface area contributed by atoms with E-state index in [4.69, 9.17) is 16.3 Å². The Hall–Kier alpha value is -0.610. The summed E-state index contributed by atoms with van der Waals surface area (Å²) in [4.78, 5) is 0. The summed E-state index contributed by atoms with van der Waals surface area (Å²) in [5.41, 5.74) is 0.742. The number of ether oxygens (including phenoxy) is 1. The smallest absolute Gasteiger partial charge is 0.0928 e. The van der Waals surface area contributed by atoms with Crippen molar-refractivity contribution in [3.8, 4) is 0 Å². The predicted octanol–water partition coefficient (Wildman–Crippen LogP) is 2.14. The van der Waals surface area contributed by atoms with E-state index in [-0.39, 0.29) is 5.54 Å². The highest BCUT2D eigenvalue weighted by molar-refractivity contribution is 6.31. The van der Waals surface area contributed by atoms with Crippen LogP contribution in [0.2, 0.25) is 5.02 Å². The van der Waals surface area contributed by atoms with Crippen LogP contribution in [0.3, 0.4) is 0 Å². The van der Waals surface area contributed by atoms with E-state index in [1.54, 1.807) is 6.07 Å². The van der Waals surface area contributed by atoms with E-state index < -0.39 is 6.10 Å². The summed E-state index contributed by atoms with van der Waals surface area (Å²) in [5.74, 6) is 0. The molecular formula is C13H18ClNO2. The largest absolute Gasteiger partial charge is 0.387 e. The number of β-amino-alcohol motifs (C(OH)–C–C–N with tert-alkyl or cyclic N) is 1. The summed E-state index contributed by atoms with van der Waals surface area (Å²) < 4.78 is 5.35. The van der Waals surface area contributed by atoms with Gasteiger partial charge in [0.05, 0.1) is 12.7 Å². The second-order valence-electron chi connectivity index (χ2n) is 4.78. The third-order valence-corrected chi connectivity index (χ3v) is 3.55. The molecule has 2 unspecified atom stereocenters. The summed E-state index contributed by atoms with van der Waals surface area (Å²) in [6.45, 7) is 4.08. The lowest BCUT2D eigenvalue weighted by Gasteiger charge is -2.25. The van der Waals surface area contributed by atoms with Gasteiger partial charge in [-0.15, -0.1) is 0 Å². The molecule has 0 saturated carbocycles. The number of aliphatic hydroxyl groups excluding tert-OH is 1. The van der Waals surface area contributed by atoms with Gasteiger partial charge in [-0.2, -0.15) is 0 Å². The van der Waals surface area contributed by atoms with Crippen molar-refractivity contribution in [2.75, 3.05) is 19.8 Å². The molecule has 1 aliphatic rings. The van der Waals surface area contributed by atoms with E-state index in [0.29, 0.717) is 18.2 Å². The Morgan fingerprint density at radius 3 is 2.94 bits per heavy atom. The molecule has 1 aromatic carbocycles. The Kier molecular flexibility index (Phi) is 4.05. The van der Waals surface area contributed by atoms with E-state index >= 15 is 0 Å². The van der Waals surface area contributed by atoms with Crippen LogP contribution in [-0.2, 0) is 4.74 Å². The quantitative estimate of drug-likeness (QED) is 0.866. The first-order chi connectivity index (χ1) is 8.11. The molecule has 94 valence electrons. The van der Waals surface area contributed by atoms with Crippen molar-refractivity contribution in [2.45, 2.75) is 25.0 Å². The van der Waals surface area contributed by atoms with Crippen LogP contribution >= 0.6 is 11.6 Å². The lowest BCUT2D eigenvalue weighted by molar-refractivity contribution is 0.141. The Bertz CT molecular complexity index is 377. The Morgan fingerprint density at radius 2 is 2.29 bits per heavy atom. The standard InChI is InChI=1S/C13H18ClNO2/c1-13(6-7-17-9-13)15-8-12(16)10-4-2-3-5-11(10)14/h2-5,12,15-16H,6-9H2,1H3. The number of hydrogen-bond donors (Lipinski definition) is 2. The van der Waals surface area contributed by atoms with Gasteiger partial charge < -0.3 is 15.2 Å². The molecule has 2 N–H and O–H groups in total. The van der Waals surface area contributed by atoms with Crippen molar-refractivity contribution < 1.29 is 9.84 Å². The third-order valence-electron chi connectivity index (χ3n) is 3.21. The average molecular weight is 256 g/mol. The van der Waals surface area contributed by atoms with Crippen LogP contribution in [0.25, 0.3) is 0 Å². The van der Waals surface area contributed by atoms with Gasteiger partial charge in [0, 0.05) is 29.3 Å². The van der Waals surface area contributed by atoms with Gasteiger partial charge in [-0.05, 0) is 19.4 Å². The minimum absolute atomic E-state index is 0.0256. The molecule has 1 aliphatic heterocycles. The second kappa shape index (κ2) is 5.36. The molecule has 1 heterocycles. The minimum atomic E-state index is -0.582. The maximum Gasteiger partial charge on any atom is 0.0928 e. The molecule has 0 amide bonds. The number of rotatable bonds is 4. The zero-order valence-electron chi connectivity index (χ0n) is 9.95. The van der Waals surface area contributed by atoms with Gasteiger partial charge in [0.2, 0.25) is 0 Å². The van der Waals surface area contributed by atoms with E-state index in [0.717, 1.165) is 18.6 Å². The van der Waals surface area contributed by atoms with E-state index in [1.807, 2.05) is 18.2 Å². The fourth-order valence-electron chi connectivity index (χ4n) is 2.00. The van der Waals surface area contributed by atoms with Crippen molar-refractivity contribution in [2.24, 2.45) is 0 Å². The zero-order valence-corrected chi connectivity index (χ0v) is 10.7. The first-order valence-corrected chi connectivity index (χ1v) is 6.24. The van der Waals surface area contributed by atoms with Crippen molar-refractivity contribution in [3.63, 3.8) is 0 Å². The molecule has 3 nitrogen and oxygen atoms in total. The summed E-state index contributed by atoms with van der Waals surface area (Å²) in [5, 5.41) is 14.0. The Balaban J connectivity index is 1.93. The molecule has 0 radical (unpaired) electrons. The van der Waals surface area contributed by atoms with Crippen LogP contribution in [0, 0.1) is 0 Å². The van der Waals surface area contributed by atoms with Crippen molar-refractivity contribution in [1.82, 2.24) is 5.32 Å². The van der Waals surface area contributed by atoms with Crippen molar-refractivity contribution in [1.29, 1.82) is 0 Å². The molecule has 2 atom stereocenters. The van der Waals surface area contributed by atoms with Crippen molar-refractivity contribution in [3.05, 3.63) is 34.9 Å². The maximum atomic E-state index is 10.1. The third kappa shape index (κ3) is 3.19. The van der Waals surface area contributed by atoms with E-state index in [9.17, 15) is 5.11 Å². The predicted molar refractivity (Wildman–Crippen MR) is 68.3 cm³/mol. The summed E-state index contributed by atoms with van der Waals surface area (Å²) in [6, 6.07) is 7.38. The highest BCUT2D eigenvalue weighted by Crippen LogP contribution is 2.23. The summed E-state index contributed by atoms with van der Waals surface area (Å²) in [6.07, 6.45) is 0.392. The molecule has 0 spiro atoms. The molecule has 0 aromatic heterocycles. The van der Waals surface area contributed by atoms with Crippen LogP contribution < -0.4 is 5.32 Å². The SMILES string of the molecule is CC1(NCC(O)c2ccccc2Cl)CCOC1. The highest BCUT2D eigenvalue weighted by Gasteiger charge is 2.29. The first-order valence-electron chi connectivity index (χ1n) is 5.86. The summed E-state index contributed by atoms with van der Waals surface area (Å²) in [7, 11) is 0. The lowest BCUT2D eigenvalue weighted by Crippen LogP contribution is -2.44. The fourth-order valence-corrected chi connectivity index (χ4v) is 2.27. The number of aliphatic hydroxyl groups is 1. The van der Waals surface area contributed by atoms with Gasteiger partial charge in [-0.1, -0.05) is 29.8 Å². The molecule has 1 aromatic rings. The van der Waals surface area contributed by atoms with Crippen LogP contribution in [-0.4, -0.2) is 30.4 Å². The van der Waals surface area contributed by atoms with Gasteiger partial charge in [0.25, 0.3) is 0 Å². The van der Waals surface area contributed by atoms with Gasteiger partial charge in [-0.3, -0.25) is 0 Å². The van der Waals surface area contributed by atoms with Crippen LogP contribution in [0.5, 0.6) is 0 Å². The normalized spacial score (nSPS) is 26.1. The van der Waals surface area contributed by atoms with Gasteiger partial charge >= 0.3 is 0 Å². The molecule has 1 saturated heterocycles. The monoisotopic (exact) mass is 255 g/mol. The fraction of sp³-hybridized carbons (Fsp3) is 0.538. The number of nitrogens with one attached hydrogen (secondary N) is 1. The van der Waals surface area contributed by atoms with E-state index in [1.165, 1.54) is 0 Å². The first kappa shape index (κ1) is 12.8. The molecular weight excluding hydrogens is 238 g/mol. The Morgan fingerprint density at radius 1 is 1.53 bits per heavy atom. The molecule has 4 heteroatoms. The summed E-state index contributed by atoms with van der Waals surface area (Å²) >= 11 is 6.04. The maximum absolute atomic E-state index is 10.1. The van der Waals surface area contributed by atoms with Gasteiger partial charge in [0.1, 0.15) is 0 Å². The molecule has 17 heavy (non-hydrogen) atoms. The minimum Gasteiger partial charge on any atom is -0.387 e. The molecule has 0 bridgehead atoms. The number of halogens is 1. The number of hydrogen-bond acceptors (Lipinski definition) is 3. The van der Waals surface area contributed by atoms with Crippen LogP contribution in [0.4, 0.5) is 0 Å². The molecule has 1 fully saturated rings. The van der Waals surface area contributed by atoms with Gasteiger partial charge in [-0.25, -0.2) is 0 Å². The average Bonchev–Trinajstić information content (AvgIpc) is 2.74. The van der Waals surface area contributed by atoms with Crippen LogP contribution in [0.1, 0.15) is 25.0 Å². The van der Waals surface area contributed by atoms with Gasteiger partial charge in [0.15, 0.2) is 0 Å².